The van der Waals surface area contributed by atoms with Gasteiger partial charge >= 0.3 is 0 Å². The number of piperidine rings is 1. The number of hydrogen-bond donors (Lipinski definition) is 0. The highest BCUT2D eigenvalue weighted by Gasteiger charge is 2.25. The maximum absolute atomic E-state index is 12.4. The fourth-order valence-corrected chi connectivity index (χ4v) is 2.88. The third-order valence-corrected chi connectivity index (χ3v) is 3.92. The molecule has 0 saturated carbocycles. The highest BCUT2D eigenvalue weighted by Crippen LogP contribution is 2.22. The highest BCUT2D eigenvalue weighted by molar-refractivity contribution is 9.10. The number of nitrogens with zero attached hydrogens (tertiary/aromatic N) is 1. The van der Waals surface area contributed by atoms with Crippen molar-refractivity contribution in [3.8, 4) is 0 Å². The summed E-state index contributed by atoms with van der Waals surface area (Å²) in [5.74, 6) is 0.179. The molecule has 1 amide bonds. The van der Waals surface area contributed by atoms with E-state index in [2.05, 4.69) is 22.9 Å². The van der Waals surface area contributed by atoms with E-state index in [9.17, 15) is 4.79 Å². The molecule has 1 unspecified atom stereocenters. The van der Waals surface area contributed by atoms with Gasteiger partial charge in [-0.3, -0.25) is 4.79 Å². The fourth-order valence-electron chi connectivity index (χ4n) is 2.48. The van der Waals surface area contributed by atoms with Crippen molar-refractivity contribution in [2.24, 2.45) is 0 Å². The summed E-state index contributed by atoms with van der Waals surface area (Å²) in [7, 11) is 0. The van der Waals surface area contributed by atoms with Gasteiger partial charge in [-0.05, 0) is 43.9 Å². The van der Waals surface area contributed by atoms with E-state index in [1.54, 1.807) is 0 Å². The summed E-state index contributed by atoms with van der Waals surface area (Å²) in [6.07, 6.45) is 4.59. The van der Waals surface area contributed by atoms with Crippen molar-refractivity contribution in [3.63, 3.8) is 0 Å². The molecule has 2 nitrogen and oxygen atoms in total. The Bertz CT molecular complexity index is 405. The number of halogens is 1. The first kappa shape index (κ1) is 12.6. The molecule has 0 radical (unpaired) electrons. The van der Waals surface area contributed by atoms with Gasteiger partial charge in [0.05, 0.1) is 0 Å². The smallest absolute Gasteiger partial charge is 0.254 e. The molecular weight excluding hydrogens is 278 g/mol. The lowest BCUT2D eigenvalue weighted by Crippen LogP contribution is -2.43. The number of carbonyl (C=O) groups excluding carboxylic acids is 1. The number of carbonyl (C=O) groups is 1. The number of benzene rings is 1. The number of rotatable bonds is 2. The van der Waals surface area contributed by atoms with Crippen LogP contribution in [0.5, 0.6) is 0 Å². The number of hydrogen-bond acceptors (Lipinski definition) is 1. The summed E-state index contributed by atoms with van der Waals surface area (Å²) in [5, 5.41) is 0. The molecule has 0 N–H and O–H groups in total. The average Bonchev–Trinajstić information content (AvgIpc) is 2.38. The highest BCUT2D eigenvalue weighted by atomic mass is 79.9. The molecule has 92 valence electrons. The van der Waals surface area contributed by atoms with Crippen molar-refractivity contribution in [2.75, 3.05) is 6.54 Å². The molecule has 1 aliphatic rings. The Labute approximate surface area is 111 Å². The minimum Gasteiger partial charge on any atom is -0.336 e. The maximum Gasteiger partial charge on any atom is 0.254 e. The summed E-state index contributed by atoms with van der Waals surface area (Å²) < 4.78 is 0.966. The molecular formula is C14H18BrNO. The Kier molecular flexibility index (Phi) is 4.21. The molecule has 1 aliphatic heterocycles. The number of likely N-dealkylation sites (tertiary alicyclic amines) is 1. The van der Waals surface area contributed by atoms with E-state index >= 15 is 0 Å². The largest absolute Gasteiger partial charge is 0.336 e. The molecule has 1 heterocycles. The van der Waals surface area contributed by atoms with Crippen LogP contribution in [0, 0.1) is 0 Å². The van der Waals surface area contributed by atoms with Crippen LogP contribution in [-0.4, -0.2) is 23.4 Å². The van der Waals surface area contributed by atoms with Crippen LogP contribution in [0.3, 0.4) is 0 Å². The van der Waals surface area contributed by atoms with E-state index in [0.717, 1.165) is 35.8 Å². The summed E-state index contributed by atoms with van der Waals surface area (Å²) in [5.41, 5.74) is 0.791. The standard InChI is InChI=1S/C14H18BrNO/c1-2-13-8-3-4-9-16(13)14(17)11-6-5-7-12(15)10-11/h5-7,10,13H,2-4,8-9H2,1H3. The molecule has 0 bridgehead atoms. The van der Waals surface area contributed by atoms with Crippen LogP contribution >= 0.6 is 15.9 Å². The van der Waals surface area contributed by atoms with Crippen LogP contribution in [0.25, 0.3) is 0 Å². The van der Waals surface area contributed by atoms with Gasteiger partial charge in [-0.25, -0.2) is 0 Å². The Morgan fingerprint density at radius 1 is 1.47 bits per heavy atom. The van der Waals surface area contributed by atoms with Gasteiger partial charge in [-0.1, -0.05) is 28.9 Å². The van der Waals surface area contributed by atoms with E-state index in [4.69, 9.17) is 0 Å². The first-order chi connectivity index (χ1) is 8.22. The zero-order valence-corrected chi connectivity index (χ0v) is 11.7. The molecule has 17 heavy (non-hydrogen) atoms. The lowest BCUT2D eigenvalue weighted by atomic mass is 9.99. The van der Waals surface area contributed by atoms with Crippen LogP contribution in [0.1, 0.15) is 43.0 Å². The SMILES string of the molecule is CCC1CCCCN1C(=O)c1cccc(Br)c1. The van der Waals surface area contributed by atoms with Gasteiger partial charge in [0.2, 0.25) is 0 Å². The monoisotopic (exact) mass is 295 g/mol. The molecule has 0 aliphatic carbocycles. The Hall–Kier alpha value is -0.830. The van der Waals surface area contributed by atoms with Crippen molar-refractivity contribution in [3.05, 3.63) is 34.3 Å². The minimum atomic E-state index is 0.179. The van der Waals surface area contributed by atoms with Gasteiger partial charge in [0.15, 0.2) is 0 Å². The zero-order valence-electron chi connectivity index (χ0n) is 10.2. The lowest BCUT2D eigenvalue weighted by Gasteiger charge is -2.35. The third kappa shape index (κ3) is 2.89. The molecule has 1 aromatic carbocycles. The maximum atomic E-state index is 12.4. The first-order valence-electron chi connectivity index (χ1n) is 6.29. The second kappa shape index (κ2) is 5.67. The molecule has 1 atom stereocenters. The van der Waals surface area contributed by atoms with Crippen LogP contribution in [0.15, 0.2) is 28.7 Å². The second-order valence-electron chi connectivity index (χ2n) is 4.57. The molecule has 1 aromatic rings. The summed E-state index contributed by atoms with van der Waals surface area (Å²) >= 11 is 3.42. The second-order valence-corrected chi connectivity index (χ2v) is 5.48. The molecule has 0 aromatic heterocycles. The van der Waals surface area contributed by atoms with Gasteiger partial charge in [0, 0.05) is 22.6 Å². The number of amides is 1. The fraction of sp³-hybridized carbons (Fsp3) is 0.500. The van der Waals surface area contributed by atoms with Gasteiger partial charge in [-0.2, -0.15) is 0 Å². The van der Waals surface area contributed by atoms with Gasteiger partial charge in [-0.15, -0.1) is 0 Å². The Morgan fingerprint density at radius 3 is 3.00 bits per heavy atom. The Balaban J connectivity index is 2.18. The van der Waals surface area contributed by atoms with E-state index in [1.807, 2.05) is 29.2 Å². The predicted molar refractivity (Wildman–Crippen MR) is 73.1 cm³/mol. The molecule has 3 heteroatoms. The quantitative estimate of drug-likeness (QED) is 0.811. The molecule has 1 saturated heterocycles. The summed E-state index contributed by atoms with van der Waals surface area (Å²) in [6.45, 7) is 3.07. The predicted octanol–water partition coefficient (Wildman–Crippen LogP) is 3.85. The average molecular weight is 296 g/mol. The summed E-state index contributed by atoms with van der Waals surface area (Å²) in [6, 6.07) is 8.10. The van der Waals surface area contributed by atoms with Crippen LogP contribution < -0.4 is 0 Å². The van der Waals surface area contributed by atoms with Crippen molar-refractivity contribution in [1.29, 1.82) is 0 Å². The van der Waals surface area contributed by atoms with Gasteiger partial charge < -0.3 is 4.90 Å². The van der Waals surface area contributed by atoms with Crippen LogP contribution in [0.4, 0.5) is 0 Å². The van der Waals surface area contributed by atoms with E-state index in [-0.39, 0.29) is 5.91 Å². The van der Waals surface area contributed by atoms with Crippen LogP contribution in [0.2, 0.25) is 0 Å². The van der Waals surface area contributed by atoms with Crippen molar-refractivity contribution < 1.29 is 4.79 Å². The van der Waals surface area contributed by atoms with E-state index in [1.165, 1.54) is 6.42 Å². The topological polar surface area (TPSA) is 20.3 Å². The van der Waals surface area contributed by atoms with Crippen molar-refractivity contribution >= 4 is 21.8 Å². The third-order valence-electron chi connectivity index (χ3n) is 3.43. The lowest BCUT2D eigenvalue weighted by molar-refractivity contribution is 0.0608. The van der Waals surface area contributed by atoms with Gasteiger partial charge in [0.1, 0.15) is 0 Å². The van der Waals surface area contributed by atoms with Crippen molar-refractivity contribution in [1.82, 2.24) is 4.90 Å². The molecule has 2 rings (SSSR count). The summed E-state index contributed by atoms with van der Waals surface area (Å²) in [4.78, 5) is 14.5. The minimum absolute atomic E-state index is 0.179. The van der Waals surface area contributed by atoms with E-state index < -0.39 is 0 Å². The van der Waals surface area contributed by atoms with E-state index in [0.29, 0.717) is 6.04 Å². The molecule has 1 fully saturated rings. The van der Waals surface area contributed by atoms with Gasteiger partial charge in [0.25, 0.3) is 5.91 Å². The Morgan fingerprint density at radius 2 is 2.29 bits per heavy atom. The van der Waals surface area contributed by atoms with Crippen molar-refractivity contribution in [2.45, 2.75) is 38.6 Å². The zero-order chi connectivity index (χ0) is 12.3. The normalized spacial score (nSPS) is 20.4. The first-order valence-corrected chi connectivity index (χ1v) is 7.08. The van der Waals surface area contributed by atoms with Crippen LogP contribution in [-0.2, 0) is 0 Å². The molecule has 0 spiro atoms.